The number of ether oxygens (including phenoxy) is 1. The van der Waals surface area contributed by atoms with Crippen molar-refractivity contribution in [2.75, 3.05) is 17.7 Å². The molecule has 0 bridgehead atoms. The van der Waals surface area contributed by atoms with Crippen LogP contribution in [-0.2, 0) is 6.54 Å². The molecule has 3 rings (SSSR count). The van der Waals surface area contributed by atoms with E-state index in [1.54, 1.807) is 26.2 Å². The number of anilines is 2. The molecule has 0 unspecified atom stereocenters. The van der Waals surface area contributed by atoms with Crippen LogP contribution in [0.4, 0.5) is 11.6 Å². The molecule has 0 saturated heterocycles. The minimum atomic E-state index is -0.279. The Labute approximate surface area is 168 Å². The second-order valence-corrected chi connectivity index (χ2v) is 6.72. The Bertz CT molecular complexity index is 990. The molecular weight excluding hydrogens is 376 g/mol. The van der Waals surface area contributed by atoms with Gasteiger partial charge in [0.15, 0.2) is 0 Å². The molecule has 1 amide bonds. The first kappa shape index (κ1) is 19.6. The monoisotopic (exact) mass is 396 g/mol. The highest BCUT2D eigenvalue weighted by molar-refractivity contribution is 6.31. The molecule has 2 aromatic carbocycles. The van der Waals surface area contributed by atoms with Crippen molar-refractivity contribution >= 4 is 29.1 Å². The van der Waals surface area contributed by atoms with Gasteiger partial charge in [-0.2, -0.15) is 0 Å². The zero-order valence-corrected chi connectivity index (χ0v) is 16.7. The standard InChI is InChI=1S/C21H21ClN4O2/c1-13-4-7-16(10-19(13)22)26-20(27)18-12-24-21(25-14(18)2)23-11-15-5-8-17(28-3)9-6-15/h4-10,12H,11H2,1-3H3,(H,26,27)(H,23,24,25). The minimum absolute atomic E-state index is 0.279. The minimum Gasteiger partial charge on any atom is -0.497 e. The smallest absolute Gasteiger partial charge is 0.259 e. The van der Waals surface area contributed by atoms with Crippen LogP contribution in [0.3, 0.4) is 0 Å². The number of methoxy groups -OCH3 is 1. The topological polar surface area (TPSA) is 76.1 Å². The Balaban J connectivity index is 1.65. The number of amides is 1. The Kier molecular flexibility index (Phi) is 6.11. The third-order valence-corrected chi connectivity index (χ3v) is 4.67. The van der Waals surface area contributed by atoms with Gasteiger partial charge in [0.05, 0.1) is 18.4 Å². The molecule has 3 aromatic rings. The molecule has 0 aliphatic carbocycles. The highest BCUT2D eigenvalue weighted by atomic mass is 35.5. The van der Waals surface area contributed by atoms with Crippen LogP contribution in [0.1, 0.15) is 27.2 Å². The Morgan fingerprint density at radius 3 is 2.54 bits per heavy atom. The number of carbonyl (C=O) groups is 1. The lowest BCUT2D eigenvalue weighted by Crippen LogP contribution is -2.15. The number of hydrogen-bond acceptors (Lipinski definition) is 5. The number of rotatable bonds is 6. The SMILES string of the molecule is COc1ccc(CNc2ncc(C(=O)Nc3ccc(C)c(Cl)c3)c(C)n2)cc1. The zero-order chi connectivity index (χ0) is 20.1. The van der Waals surface area contributed by atoms with Crippen LogP contribution in [0, 0.1) is 13.8 Å². The number of hydrogen-bond donors (Lipinski definition) is 2. The summed E-state index contributed by atoms with van der Waals surface area (Å²) in [6.45, 7) is 4.25. The fraction of sp³-hybridized carbons (Fsp3) is 0.190. The van der Waals surface area contributed by atoms with Gasteiger partial charge in [0.1, 0.15) is 5.75 Å². The van der Waals surface area contributed by atoms with Crippen molar-refractivity contribution < 1.29 is 9.53 Å². The van der Waals surface area contributed by atoms with E-state index in [1.807, 2.05) is 37.3 Å². The van der Waals surface area contributed by atoms with Crippen LogP contribution in [0.5, 0.6) is 5.75 Å². The fourth-order valence-electron chi connectivity index (χ4n) is 2.57. The second-order valence-electron chi connectivity index (χ2n) is 6.31. The largest absolute Gasteiger partial charge is 0.497 e. The van der Waals surface area contributed by atoms with Crippen LogP contribution in [0.15, 0.2) is 48.7 Å². The molecule has 1 aromatic heterocycles. The molecule has 28 heavy (non-hydrogen) atoms. The molecule has 1 heterocycles. The molecule has 0 spiro atoms. The Morgan fingerprint density at radius 1 is 1.14 bits per heavy atom. The summed E-state index contributed by atoms with van der Waals surface area (Å²) in [5.74, 6) is 0.989. The first-order valence-electron chi connectivity index (χ1n) is 8.74. The van der Waals surface area contributed by atoms with Gasteiger partial charge in [-0.25, -0.2) is 9.97 Å². The fourth-order valence-corrected chi connectivity index (χ4v) is 2.75. The molecule has 0 aliphatic rings. The molecule has 2 N–H and O–H groups in total. The normalized spacial score (nSPS) is 10.4. The highest BCUT2D eigenvalue weighted by Gasteiger charge is 2.12. The summed E-state index contributed by atoms with van der Waals surface area (Å²) in [5, 5.41) is 6.58. The average Bonchev–Trinajstić information content (AvgIpc) is 2.69. The zero-order valence-electron chi connectivity index (χ0n) is 15.9. The summed E-state index contributed by atoms with van der Waals surface area (Å²) in [6.07, 6.45) is 1.52. The summed E-state index contributed by atoms with van der Waals surface area (Å²) >= 11 is 6.11. The number of aromatic nitrogens is 2. The molecule has 0 atom stereocenters. The molecule has 0 fully saturated rings. The van der Waals surface area contributed by atoms with Gasteiger partial charge in [-0.15, -0.1) is 0 Å². The van der Waals surface area contributed by atoms with E-state index in [4.69, 9.17) is 16.3 Å². The van der Waals surface area contributed by atoms with Gasteiger partial charge in [0.25, 0.3) is 5.91 Å². The van der Waals surface area contributed by atoms with Crippen LogP contribution < -0.4 is 15.4 Å². The van der Waals surface area contributed by atoms with Gasteiger partial charge in [-0.05, 0) is 49.2 Å². The summed E-state index contributed by atoms with van der Waals surface area (Å²) in [6, 6.07) is 13.1. The van der Waals surface area contributed by atoms with E-state index in [9.17, 15) is 4.79 Å². The van der Waals surface area contributed by atoms with Crippen molar-refractivity contribution in [2.45, 2.75) is 20.4 Å². The summed E-state index contributed by atoms with van der Waals surface area (Å²) in [4.78, 5) is 21.1. The maximum Gasteiger partial charge on any atom is 0.259 e. The first-order chi connectivity index (χ1) is 13.5. The lowest BCUT2D eigenvalue weighted by molar-refractivity contribution is 0.102. The molecule has 144 valence electrons. The van der Waals surface area contributed by atoms with E-state index in [2.05, 4.69) is 20.6 Å². The highest BCUT2D eigenvalue weighted by Crippen LogP contribution is 2.21. The number of aryl methyl sites for hydroxylation is 2. The van der Waals surface area contributed by atoms with Gasteiger partial charge in [-0.3, -0.25) is 4.79 Å². The third-order valence-electron chi connectivity index (χ3n) is 4.26. The Hall–Kier alpha value is -3.12. The van der Waals surface area contributed by atoms with Crippen molar-refractivity contribution in [2.24, 2.45) is 0 Å². The van der Waals surface area contributed by atoms with Gasteiger partial charge >= 0.3 is 0 Å². The van der Waals surface area contributed by atoms with E-state index < -0.39 is 0 Å². The van der Waals surface area contributed by atoms with Crippen LogP contribution in [-0.4, -0.2) is 23.0 Å². The van der Waals surface area contributed by atoms with E-state index in [0.29, 0.717) is 34.5 Å². The number of nitrogens with one attached hydrogen (secondary N) is 2. The summed E-state index contributed by atoms with van der Waals surface area (Å²) in [5.41, 5.74) is 3.64. The predicted molar refractivity (Wildman–Crippen MR) is 111 cm³/mol. The van der Waals surface area contributed by atoms with Crippen molar-refractivity contribution in [1.82, 2.24) is 9.97 Å². The molecule has 0 aliphatic heterocycles. The van der Waals surface area contributed by atoms with E-state index in [0.717, 1.165) is 16.9 Å². The van der Waals surface area contributed by atoms with Crippen LogP contribution in [0.25, 0.3) is 0 Å². The molecule has 0 radical (unpaired) electrons. The van der Waals surface area contributed by atoms with Gasteiger partial charge in [0, 0.05) is 23.5 Å². The van der Waals surface area contributed by atoms with Crippen LogP contribution >= 0.6 is 11.6 Å². The summed E-state index contributed by atoms with van der Waals surface area (Å²) < 4.78 is 5.15. The van der Waals surface area contributed by atoms with Gasteiger partial charge in [0.2, 0.25) is 5.95 Å². The lowest BCUT2D eigenvalue weighted by atomic mass is 10.2. The number of halogens is 1. The Morgan fingerprint density at radius 2 is 1.89 bits per heavy atom. The molecule has 0 saturated carbocycles. The quantitative estimate of drug-likeness (QED) is 0.635. The third kappa shape index (κ3) is 4.78. The second kappa shape index (κ2) is 8.71. The van der Waals surface area contributed by atoms with Crippen LogP contribution in [0.2, 0.25) is 5.02 Å². The van der Waals surface area contributed by atoms with E-state index in [-0.39, 0.29) is 5.91 Å². The van der Waals surface area contributed by atoms with Crippen molar-refractivity contribution in [1.29, 1.82) is 0 Å². The maximum atomic E-state index is 12.5. The van der Waals surface area contributed by atoms with Crippen molar-refractivity contribution in [3.05, 3.63) is 76.1 Å². The van der Waals surface area contributed by atoms with Crippen molar-refractivity contribution in [3.8, 4) is 5.75 Å². The number of benzene rings is 2. The molecule has 7 heteroatoms. The first-order valence-corrected chi connectivity index (χ1v) is 9.12. The maximum absolute atomic E-state index is 12.5. The van der Waals surface area contributed by atoms with Gasteiger partial charge < -0.3 is 15.4 Å². The van der Waals surface area contributed by atoms with E-state index in [1.165, 1.54) is 6.20 Å². The van der Waals surface area contributed by atoms with Crippen molar-refractivity contribution in [3.63, 3.8) is 0 Å². The molecular formula is C21H21ClN4O2. The van der Waals surface area contributed by atoms with Gasteiger partial charge in [-0.1, -0.05) is 29.8 Å². The van der Waals surface area contributed by atoms with E-state index >= 15 is 0 Å². The molecule has 6 nitrogen and oxygen atoms in total. The number of nitrogens with zero attached hydrogens (tertiary/aromatic N) is 2. The summed E-state index contributed by atoms with van der Waals surface area (Å²) in [7, 11) is 1.63. The lowest BCUT2D eigenvalue weighted by Gasteiger charge is -2.10. The predicted octanol–water partition coefficient (Wildman–Crippen LogP) is 4.62. The average molecular weight is 397 g/mol. The number of carbonyl (C=O) groups excluding carboxylic acids is 1.